The van der Waals surface area contributed by atoms with Gasteiger partial charge in [0.25, 0.3) is 5.78 Å². The van der Waals surface area contributed by atoms with Gasteiger partial charge in [0, 0.05) is 22.0 Å². The molecular weight excluding hydrogens is 689 g/mol. The molecule has 3 aromatic carbocycles. The molecule has 6 aromatic rings. The molecule has 1 atom stereocenters. The fourth-order valence-corrected chi connectivity index (χ4v) is 7.95. The van der Waals surface area contributed by atoms with Gasteiger partial charge in [0.2, 0.25) is 5.13 Å². The molecule has 1 unspecified atom stereocenters. The largest absolute Gasteiger partial charge is 0.505 e. The number of Topliss-reactive ketones (excluding diaryl/α,β-unsaturated/α-hetero) is 1. The number of ketones is 1. The summed E-state index contributed by atoms with van der Waals surface area (Å²) in [5.41, 5.74) is 3.70. The van der Waals surface area contributed by atoms with E-state index in [-0.39, 0.29) is 16.5 Å². The molecule has 7 rings (SSSR count). The van der Waals surface area contributed by atoms with Crippen LogP contribution in [-0.4, -0.2) is 36.4 Å². The Bertz CT molecular complexity index is 2220. The number of thioether (sulfide) groups is 1. The smallest absolute Gasteiger partial charge is 0.301 e. The molecule has 240 valence electrons. The van der Waals surface area contributed by atoms with Crippen molar-refractivity contribution in [2.75, 3.05) is 4.90 Å². The molecule has 48 heavy (non-hydrogen) atoms. The Morgan fingerprint density at radius 1 is 0.979 bits per heavy atom. The fourth-order valence-electron chi connectivity index (χ4n) is 5.52. The summed E-state index contributed by atoms with van der Waals surface area (Å²) in [5, 5.41) is 21.8. The van der Waals surface area contributed by atoms with Gasteiger partial charge in [-0.1, -0.05) is 101 Å². The summed E-state index contributed by atoms with van der Waals surface area (Å²) >= 11 is 15.0. The summed E-state index contributed by atoms with van der Waals surface area (Å²) in [5.74, 6) is -1.01. The average Bonchev–Trinajstić information content (AvgIpc) is 3.77. The molecule has 1 fully saturated rings. The van der Waals surface area contributed by atoms with Gasteiger partial charge in [0.1, 0.15) is 23.7 Å². The Labute approximate surface area is 293 Å². The SMILES string of the molecule is Cc1nc2ccccn2c1C(O)=C1C(=O)C(=O)N(c2nnc(SCc3ccc(Cl)cc3Cl)s2)C1c1cccc(OCc2ccccc2)c1. The van der Waals surface area contributed by atoms with Crippen molar-refractivity contribution in [3.05, 3.63) is 141 Å². The van der Waals surface area contributed by atoms with Gasteiger partial charge in [-0.05, 0) is 60.0 Å². The van der Waals surface area contributed by atoms with Crippen LogP contribution in [0, 0.1) is 6.92 Å². The second-order valence-corrected chi connectivity index (χ2v) is 13.9. The van der Waals surface area contributed by atoms with Crippen LogP contribution >= 0.6 is 46.3 Å². The Morgan fingerprint density at radius 2 is 1.79 bits per heavy atom. The number of hydrogen-bond donors (Lipinski definition) is 1. The quantitative estimate of drug-likeness (QED) is 0.0524. The number of aliphatic hydroxyl groups is 1. The molecule has 0 bridgehead atoms. The Kier molecular flexibility index (Phi) is 8.93. The summed E-state index contributed by atoms with van der Waals surface area (Å²) in [4.78, 5) is 33.6. The number of aliphatic hydroxyl groups excluding tert-OH is 1. The third kappa shape index (κ3) is 6.17. The molecule has 1 N–H and O–H groups in total. The van der Waals surface area contributed by atoms with Gasteiger partial charge >= 0.3 is 5.91 Å². The predicted molar refractivity (Wildman–Crippen MR) is 188 cm³/mol. The van der Waals surface area contributed by atoms with Crippen molar-refractivity contribution in [1.82, 2.24) is 19.6 Å². The number of pyridine rings is 1. The molecule has 1 saturated heterocycles. The first-order chi connectivity index (χ1) is 23.3. The molecule has 0 spiro atoms. The Hall–Kier alpha value is -4.68. The molecule has 3 aromatic heterocycles. The number of ether oxygens (including phenoxy) is 1. The number of anilines is 1. The van der Waals surface area contributed by atoms with Crippen LogP contribution in [0.25, 0.3) is 11.4 Å². The summed E-state index contributed by atoms with van der Waals surface area (Å²) in [6.07, 6.45) is 1.74. The average molecular weight is 715 g/mol. The van der Waals surface area contributed by atoms with Crippen LogP contribution in [0.3, 0.4) is 0 Å². The van der Waals surface area contributed by atoms with E-state index in [9.17, 15) is 14.7 Å². The van der Waals surface area contributed by atoms with Crippen molar-refractivity contribution in [2.24, 2.45) is 0 Å². The number of amides is 1. The first-order valence-corrected chi connectivity index (χ1v) is 17.3. The molecule has 13 heteroatoms. The van der Waals surface area contributed by atoms with Crippen molar-refractivity contribution in [2.45, 2.75) is 29.7 Å². The maximum Gasteiger partial charge on any atom is 0.301 e. The third-order valence-corrected chi connectivity index (χ3v) is 10.5. The van der Waals surface area contributed by atoms with E-state index in [1.54, 1.807) is 66.1 Å². The lowest BCUT2D eigenvalue weighted by Crippen LogP contribution is -2.29. The van der Waals surface area contributed by atoms with E-state index >= 15 is 0 Å². The summed E-state index contributed by atoms with van der Waals surface area (Å²) in [6, 6.07) is 26.5. The van der Waals surface area contributed by atoms with Gasteiger partial charge in [-0.2, -0.15) is 0 Å². The van der Waals surface area contributed by atoms with Crippen LogP contribution in [0.1, 0.15) is 34.1 Å². The van der Waals surface area contributed by atoms with Crippen LogP contribution in [0.2, 0.25) is 10.0 Å². The normalized spacial score (nSPS) is 15.8. The third-order valence-electron chi connectivity index (χ3n) is 7.76. The molecular formula is C35H25Cl2N5O4S2. The minimum Gasteiger partial charge on any atom is -0.505 e. The number of aryl methyl sites for hydroxylation is 1. The van der Waals surface area contributed by atoms with E-state index in [4.69, 9.17) is 27.9 Å². The molecule has 4 heterocycles. The summed E-state index contributed by atoms with van der Waals surface area (Å²) in [6.45, 7) is 2.06. The minimum absolute atomic E-state index is 0.0914. The number of benzene rings is 3. The summed E-state index contributed by atoms with van der Waals surface area (Å²) in [7, 11) is 0. The highest BCUT2D eigenvalue weighted by Gasteiger charge is 2.49. The van der Waals surface area contributed by atoms with Crippen LogP contribution in [0.15, 0.2) is 107 Å². The van der Waals surface area contributed by atoms with Crippen molar-refractivity contribution >= 4 is 74.5 Å². The molecule has 0 radical (unpaired) electrons. The van der Waals surface area contributed by atoms with Crippen molar-refractivity contribution in [3.8, 4) is 5.75 Å². The molecule has 1 aliphatic heterocycles. The maximum atomic E-state index is 13.9. The van der Waals surface area contributed by atoms with E-state index in [1.165, 1.54) is 16.7 Å². The van der Waals surface area contributed by atoms with Crippen molar-refractivity contribution in [1.29, 1.82) is 0 Å². The lowest BCUT2D eigenvalue weighted by Gasteiger charge is -2.23. The van der Waals surface area contributed by atoms with Gasteiger partial charge in [-0.3, -0.25) is 18.9 Å². The van der Waals surface area contributed by atoms with Gasteiger partial charge in [-0.15, -0.1) is 10.2 Å². The standard InChI is InChI=1S/C35H25Cl2N5O4S2/c1-20-29(41-15-6-5-12-27(41)38-20)31(43)28-30(22-10-7-11-25(16-22)46-18-21-8-3-2-4-9-21)42(33(45)32(28)44)34-39-40-35(48-34)47-19-23-13-14-24(36)17-26(23)37/h2-17,30,43H,18-19H2,1H3. The second kappa shape index (κ2) is 13.4. The minimum atomic E-state index is -1.03. The van der Waals surface area contributed by atoms with E-state index < -0.39 is 17.7 Å². The highest BCUT2D eigenvalue weighted by molar-refractivity contribution is 8.00. The highest BCUT2D eigenvalue weighted by Crippen LogP contribution is 2.45. The zero-order chi connectivity index (χ0) is 33.4. The first-order valence-electron chi connectivity index (χ1n) is 14.7. The Morgan fingerprint density at radius 3 is 2.60 bits per heavy atom. The summed E-state index contributed by atoms with van der Waals surface area (Å²) < 4.78 is 8.35. The van der Waals surface area contributed by atoms with Crippen LogP contribution in [-0.2, 0) is 21.9 Å². The number of nitrogens with zero attached hydrogens (tertiary/aromatic N) is 5. The zero-order valence-corrected chi connectivity index (χ0v) is 28.4. The fraction of sp³-hybridized carbons (Fsp3) is 0.114. The topological polar surface area (TPSA) is 110 Å². The maximum absolute atomic E-state index is 13.9. The zero-order valence-electron chi connectivity index (χ0n) is 25.2. The van der Waals surface area contributed by atoms with E-state index in [1.807, 2.05) is 42.5 Å². The highest BCUT2D eigenvalue weighted by atomic mass is 35.5. The van der Waals surface area contributed by atoms with E-state index in [2.05, 4.69) is 15.2 Å². The van der Waals surface area contributed by atoms with Crippen LogP contribution in [0.4, 0.5) is 5.13 Å². The lowest BCUT2D eigenvalue weighted by atomic mass is 9.96. The number of hydrogen-bond acceptors (Lipinski definition) is 9. The van der Waals surface area contributed by atoms with Gasteiger partial charge < -0.3 is 9.84 Å². The number of carbonyl (C=O) groups is 2. The van der Waals surface area contributed by atoms with Gasteiger partial charge in [-0.25, -0.2) is 4.98 Å². The molecule has 0 saturated carbocycles. The lowest BCUT2D eigenvalue weighted by molar-refractivity contribution is -0.132. The number of halogens is 2. The van der Waals surface area contributed by atoms with Crippen LogP contribution in [0.5, 0.6) is 5.75 Å². The van der Waals surface area contributed by atoms with Gasteiger partial charge in [0.05, 0.1) is 17.3 Å². The van der Waals surface area contributed by atoms with E-state index in [0.29, 0.717) is 55.1 Å². The molecule has 1 aliphatic rings. The Balaban J connectivity index is 1.29. The predicted octanol–water partition coefficient (Wildman–Crippen LogP) is 8.30. The number of fused-ring (bicyclic) bond motifs is 1. The van der Waals surface area contributed by atoms with Crippen molar-refractivity contribution in [3.63, 3.8) is 0 Å². The molecule has 1 amide bonds. The number of imidazole rings is 1. The second-order valence-electron chi connectivity index (χ2n) is 10.9. The van der Waals surface area contributed by atoms with Gasteiger partial charge in [0.15, 0.2) is 10.1 Å². The number of carbonyl (C=O) groups excluding carboxylic acids is 2. The number of rotatable bonds is 9. The molecule has 9 nitrogen and oxygen atoms in total. The monoisotopic (exact) mass is 713 g/mol. The van der Waals surface area contributed by atoms with E-state index in [0.717, 1.165) is 22.5 Å². The van der Waals surface area contributed by atoms with Crippen molar-refractivity contribution < 1.29 is 19.4 Å². The number of aromatic nitrogens is 4. The first kappa shape index (κ1) is 31.9. The molecule has 0 aliphatic carbocycles. The van der Waals surface area contributed by atoms with Crippen LogP contribution < -0.4 is 9.64 Å².